The summed E-state index contributed by atoms with van der Waals surface area (Å²) in [5.74, 6) is 0.785. The Kier molecular flexibility index (Phi) is 8.63. The van der Waals surface area contributed by atoms with Crippen molar-refractivity contribution in [3.05, 3.63) is 52.7 Å². The third-order valence-electron chi connectivity index (χ3n) is 6.12. The highest BCUT2D eigenvalue weighted by molar-refractivity contribution is 6.30. The summed E-state index contributed by atoms with van der Waals surface area (Å²) < 4.78 is 12.8. The Morgan fingerprint density at radius 2 is 1.90 bits per heavy atom. The molecule has 0 aliphatic carbocycles. The third-order valence-corrected chi connectivity index (χ3v) is 6.35. The lowest BCUT2D eigenvalue weighted by atomic mass is 10.1. The number of nitrogens with zero attached hydrogens (tertiary/aromatic N) is 6. The molecule has 1 saturated heterocycles. The largest absolute Gasteiger partial charge is 0.444 e. The minimum Gasteiger partial charge on any atom is -0.444 e. The van der Waals surface area contributed by atoms with Crippen molar-refractivity contribution in [3.63, 3.8) is 0 Å². The SMILES string of the molecule is CC(C)(C)OC(=O)N1CCC[C@H](Nc2cc(N(Cc3cccc(Cl)c3)C(=O)OC(C)(C)C)n3ncc(C#N)c3n2)C1. The molecule has 12 heteroatoms. The third kappa shape index (κ3) is 7.79. The topological polar surface area (TPSA) is 125 Å². The van der Waals surface area contributed by atoms with E-state index in [9.17, 15) is 14.9 Å². The lowest BCUT2D eigenvalue weighted by Gasteiger charge is -2.34. The van der Waals surface area contributed by atoms with Gasteiger partial charge in [0.1, 0.15) is 34.5 Å². The summed E-state index contributed by atoms with van der Waals surface area (Å²) in [5, 5.41) is 18.0. The molecule has 0 saturated carbocycles. The molecule has 3 aromatic rings. The molecule has 2 amide bonds. The molecular formula is C29H36ClN7O4. The Hall–Kier alpha value is -4.04. The minimum absolute atomic E-state index is 0.129. The van der Waals surface area contributed by atoms with E-state index in [0.717, 1.165) is 18.4 Å². The maximum Gasteiger partial charge on any atom is 0.416 e. The maximum atomic E-state index is 13.6. The molecule has 0 spiro atoms. The predicted molar refractivity (Wildman–Crippen MR) is 156 cm³/mol. The number of rotatable bonds is 5. The number of carbonyl (C=O) groups is 2. The average Bonchev–Trinajstić information content (AvgIpc) is 3.28. The van der Waals surface area contributed by atoms with Crippen LogP contribution in [0.25, 0.3) is 5.65 Å². The van der Waals surface area contributed by atoms with Gasteiger partial charge in [0.15, 0.2) is 5.65 Å². The molecule has 1 fully saturated rings. The molecule has 0 unspecified atom stereocenters. The molecule has 1 aromatic carbocycles. The monoisotopic (exact) mass is 581 g/mol. The zero-order valence-electron chi connectivity index (χ0n) is 24.3. The van der Waals surface area contributed by atoms with Gasteiger partial charge in [-0.2, -0.15) is 14.9 Å². The van der Waals surface area contributed by atoms with E-state index in [-0.39, 0.29) is 29.9 Å². The number of hydrogen-bond donors (Lipinski definition) is 1. The number of amides is 2. The van der Waals surface area contributed by atoms with Gasteiger partial charge in [-0.15, -0.1) is 0 Å². The summed E-state index contributed by atoms with van der Waals surface area (Å²) >= 11 is 6.24. The lowest BCUT2D eigenvalue weighted by molar-refractivity contribution is 0.0206. The number of ether oxygens (including phenoxy) is 2. The summed E-state index contributed by atoms with van der Waals surface area (Å²) in [5.41, 5.74) is -0.0435. The van der Waals surface area contributed by atoms with Gasteiger partial charge in [0.2, 0.25) is 0 Å². The van der Waals surface area contributed by atoms with E-state index in [1.54, 1.807) is 49.9 Å². The molecule has 1 aliphatic heterocycles. The molecule has 218 valence electrons. The normalized spacial score (nSPS) is 15.8. The molecule has 0 radical (unpaired) electrons. The molecular weight excluding hydrogens is 546 g/mol. The van der Waals surface area contributed by atoms with Gasteiger partial charge in [-0.1, -0.05) is 23.7 Å². The molecule has 3 heterocycles. The first-order chi connectivity index (χ1) is 19.2. The molecule has 0 bridgehead atoms. The zero-order chi connectivity index (χ0) is 29.9. The van der Waals surface area contributed by atoms with Crippen LogP contribution in [0.2, 0.25) is 5.02 Å². The van der Waals surface area contributed by atoms with Gasteiger partial charge in [-0.05, 0) is 72.1 Å². The van der Waals surface area contributed by atoms with Crippen molar-refractivity contribution in [2.45, 2.75) is 78.2 Å². The second kappa shape index (κ2) is 11.8. The molecule has 1 atom stereocenters. The van der Waals surface area contributed by atoms with Gasteiger partial charge in [0.25, 0.3) is 0 Å². The van der Waals surface area contributed by atoms with Gasteiger partial charge < -0.3 is 19.7 Å². The summed E-state index contributed by atoms with van der Waals surface area (Å²) in [6.45, 7) is 12.0. The smallest absolute Gasteiger partial charge is 0.416 e. The number of benzene rings is 1. The van der Waals surface area contributed by atoms with Crippen LogP contribution in [-0.2, 0) is 16.0 Å². The Morgan fingerprint density at radius 3 is 2.56 bits per heavy atom. The first-order valence-corrected chi connectivity index (χ1v) is 13.9. The van der Waals surface area contributed by atoms with Gasteiger partial charge >= 0.3 is 12.2 Å². The van der Waals surface area contributed by atoms with Crippen LogP contribution in [0.1, 0.15) is 65.5 Å². The van der Waals surface area contributed by atoms with Crippen molar-refractivity contribution in [3.8, 4) is 6.07 Å². The van der Waals surface area contributed by atoms with Crippen molar-refractivity contribution >= 4 is 41.1 Å². The Labute approximate surface area is 245 Å². The second-order valence-corrected chi connectivity index (χ2v) is 12.4. The fourth-order valence-corrected chi connectivity index (χ4v) is 4.68. The average molecular weight is 582 g/mol. The van der Waals surface area contributed by atoms with E-state index in [4.69, 9.17) is 21.1 Å². The quantitative estimate of drug-likeness (QED) is 0.388. The van der Waals surface area contributed by atoms with Crippen molar-refractivity contribution in [2.75, 3.05) is 23.3 Å². The van der Waals surface area contributed by atoms with E-state index in [2.05, 4.69) is 21.5 Å². The number of piperidine rings is 1. The number of nitrogens with one attached hydrogen (secondary N) is 1. The predicted octanol–water partition coefficient (Wildman–Crippen LogP) is 6.01. The highest BCUT2D eigenvalue weighted by Gasteiger charge is 2.30. The van der Waals surface area contributed by atoms with Crippen LogP contribution in [0.15, 0.2) is 36.5 Å². The summed E-state index contributed by atoms with van der Waals surface area (Å²) in [4.78, 5) is 34.1. The number of anilines is 2. The summed E-state index contributed by atoms with van der Waals surface area (Å²) in [7, 11) is 0. The Bertz CT molecular complexity index is 1470. The number of carbonyl (C=O) groups excluding carboxylic acids is 2. The molecule has 11 nitrogen and oxygen atoms in total. The van der Waals surface area contributed by atoms with Crippen LogP contribution in [-0.4, -0.2) is 62.0 Å². The van der Waals surface area contributed by atoms with Crippen LogP contribution in [0, 0.1) is 11.3 Å². The van der Waals surface area contributed by atoms with Crippen LogP contribution < -0.4 is 10.2 Å². The molecule has 2 aromatic heterocycles. The summed E-state index contributed by atoms with van der Waals surface area (Å²) in [6.07, 6.45) is 2.02. The van der Waals surface area contributed by atoms with E-state index >= 15 is 0 Å². The minimum atomic E-state index is -0.758. The van der Waals surface area contributed by atoms with E-state index in [1.165, 1.54) is 15.6 Å². The van der Waals surface area contributed by atoms with Crippen molar-refractivity contribution < 1.29 is 19.1 Å². The number of hydrogen-bond acceptors (Lipinski definition) is 8. The van der Waals surface area contributed by atoms with Crippen molar-refractivity contribution in [2.24, 2.45) is 0 Å². The lowest BCUT2D eigenvalue weighted by Crippen LogP contribution is -2.47. The number of likely N-dealkylation sites (tertiary alicyclic amines) is 1. The standard InChI is InChI=1S/C29H36ClN7O4/c1-28(2,3)40-26(38)35-12-8-11-22(18-35)33-23-14-24(37-25(34-23)20(15-31)16-32-37)36(27(39)41-29(4,5)6)17-19-9-7-10-21(30)13-19/h7,9-10,13-14,16,22H,8,11-12,17-18H2,1-6H3,(H,33,34)/t22-/m0/s1. The molecule has 1 N–H and O–H groups in total. The van der Waals surface area contributed by atoms with Gasteiger partial charge in [0, 0.05) is 30.2 Å². The van der Waals surface area contributed by atoms with E-state index in [1.807, 2.05) is 26.8 Å². The first-order valence-electron chi connectivity index (χ1n) is 13.5. The zero-order valence-corrected chi connectivity index (χ0v) is 25.0. The Balaban J connectivity index is 1.71. The van der Waals surface area contributed by atoms with Crippen LogP contribution in [0.3, 0.4) is 0 Å². The molecule has 4 rings (SSSR count). The van der Waals surface area contributed by atoms with Crippen LogP contribution >= 0.6 is 11.6 Å². The number of nitriles is 1. The van der Waals surface area contributed by atoms with Gasteiger partial charge in [-0.3, -0.25) is 4.90 Å². The van der Waals surface area contributed by atoms with Crippen LogP contribution in [0.5, 0.6) is 0 Å². The highest BCUT2D eigenvalue weighted by atomic mass is 35.5. The maximum absolute atomic E-state index is 13.6. The summed E-state index contributed by atoms with van der Waals surface area (Å²) in [6, 6.07) is 10.9. The number of aromatic nitrogens is 3. The van der Waals surface area contributed by atoms with E-state index in [0.29, 0.717) is 29.7 Å². The van der Waals surface area contributed by atoms with E-state index < -0.39 is 17.3 Å². The molecule has 41 heavy (non-hydrogen) atoms. The number of halogens is 1. The fraction of sp³-hybridized carbons (Fsp3) is 0.483. The first kappa shape index (κ1) is 29.9. The van der Waals surface area contributed by atoms with Gasteiger partial charge in [0.05, 0.1) is 12.7 Å². The molecule has 1 aliphatic rings. The number of fused-ring (bicyclic) bond motifs is 1. The van der Waals surface area contributed by atoms with Crippen molar-refractivity contribution in [1.29, 1.82) is 5.26 Å². The van der Waals surface area contributed by atoms with Crippen LogP contribution in [0.4, 0.5) is 21.2 Å². The second-order valence-electron chi connectivity index (χ2n) is 12.0. The van der Waals surface area contributed by atoms with Crippen molar-refractivity contribution in [1.82, 2.24) is 19.5 Å². The van der Waals surface area contributed by atoms with Gasteiger partial charge in [-0.25, -0.2) is 14.6 Å². The fourth-order valence-electron chi connectivity index (χ4n) is 4.46. The highest BCUT2D eigenvalue weighted by Crippen LogP contribution is 2.28. The Morgan fingerprint density at radius 1 is 1.17 bits per heavy atom.